The first-order valence-corrected chi connectivity index (χ1v) is 12.7. The smallest absolute Gasteiger partial charge is 0.300 e. The number of thiazole rings is 1. The number of rotatable bonds is 6. The fourth-order valence-electron chi connectivity index (χ4n) is 3.17. The van der Waals surface area contributed by atoms with Crippen LogP contribution in [0.1, 0.15) is 11.3 Å². The van der Waals surface area contributed by atoms with E-state index in [-0.39, 0.29) is 21.6 Å². The van der Waals surface area contributed by atoms with Crippen molar-refractivity contribution in [2.75, 3.05) is 31.1 Å². The molecule has 162 valence electrons. The standard InChI is InChI=1S/C19H17ClN4O4S3/c1-13(14-5-3-2-4-6-14)15-12-29-19(21-15)22-7-9-23(10-8-22)31(27,28)17-11-16(24(25)26)18(20)30-17/h2-6,11-12H,1,7-10H2. The van der Waals surface area contributed by atoms with Gasteiger partial charge in [0.05, 0.1) is 10.6 Å². The Hall–Kier alpha value is -2.31. The van der Waals surface area contributed by atoms with E-state index in [1.54, 1.807) is 0 Å². The summed E-state index contributed by atoms with van der Waals surface area (Å²) in [5.74, 6) is 0. The molecule has 0 amide bonds. The highest BCUT2D eigenvalue weighted by molar-refractivity contribution is 7.91. The number of aromatic nitrogens is 1. The molecule has 1 aromatic carbocycles. The highest BCUT2D eigenvalue weighted by Gasteiger charge is 2.33. The van der Waals surface area contributed by atoms with E-state index in [4.69, 9.17) is 11.6 Å². The zero-order valence-electron chi connectivity index (χ0n) is 16.1. The Morgan fingerprint density at radius 2 is 1.87 bits per heavy atom. The summed E-state index contributed by atoms with van der Waals surface area (Å²) in [7, 11) is -3.84. The molecule has 0 unspecified atom stereocenters. The van der Waals surface area contributed by atoms with Crippen LogP contribution in [0.15, 0.2) is 52.6 Å². The van der Waals surface area contributed by atoms with E-state index >= 15 is 0 Å². The Balaban J connectivity index is 1.44. The lowest BCUT2D eigenvalue weighted by Crippen LogP contribution is -2.48. The first kappa shape index (κ1) is 21.9. The molecule has 1 aliphatic rings. The van der Waals surface area contributed by atoms with Crippen molar-refractivity contribution in [2.45, 2.75) is 4.21 Å². The molecular weight excluding hydrogens is 480 g/mol. The maximum absolute atomic E-state index is 12.9. The molecule has 0 N–H and O–H groups in total. The predicted octanol–water partition coefficient (Wildman–Crippen LogP) is 4.34. The quantitative estimate of drug-likeness (QED) is 0.372. The fraction of sp³-hybridized carbons (Fsp3) is 0.211. The van der Waals surface area contributed by atoms with E-state index in [0.29, 0.717) is 24.4 Å². The van der Waals surface area contributed by atoms with Crippen LogP contribution in [0.25, 0.3) is 5.57 Å². The van der Waals surface area contributed by atoms with Gasteiger partial charge in [-0.2, -0.15) is 4.31 Å². The number of nitrogens with zero attached hydrogens (tertiary/aromatic N) is 4. The van der Waals surface area contributed by atoms with Gasteiger partial charge in [0.25, 0.3) is 15.7 Å². The van der Waals surface area contributed by atoms with Crippen LogP contribution in [-0.2, 0) is 10.0 Å². The summed E-state index contributed by atoms with van der Waals surface area (Å²) in [5, 5.41) is 13.7. The van der Waals surface area contributed by atoms with Gasteiger partial charge in [-0.05, 0) is 5.56 Å². The lowest BCUT2D eigenvalue weighted by molar-refractivity contribution is -0.384. The molecule has 3 aromatic rings. The normalized spacial score (nSPS) is 15.2. The highest BCUT2D eigenvalue weighted by Crippen LogP contribution is 2.38. The molecule has 0 spiro atoms. The van der Waals surface area contributed by atoms with Gasteiger partial charge in [-0.3, -0.25) is 10.1 Å². The van der Waals surface area contributed by atoms with E-state index < -0.39 is 20.6 Å². The Labute approximate surface area is 192 Å². The van der Waals surface area contributed by atoms with Crippen molar-refractivity contribution in [3.8, 4) is 0 Å². The fourth-order valence-corrected chi connectivity index (χ4v) is 7.31. The molecule has 0 atom stereocenters. The maximum Gasteiger partial charge on any atom is 0.300 e. The number of hydrogen-bond acceptors (Lipinski definition) is 8. The van der Waals surface area contributed by atoms with Crippen LogP contribution >= 0.6 is 34.3 Å². The average molecular weight is 497 g/mol. The third kappa shape index (κ3) is 4.37. The van der Waals surface area contributed by atoms with Crippen LogP contribution in [0.4, 0.5) is 10.8 Å². The molecule has 1 saturated heterocycles. The molecule has 0 aliphatic carbocycles. The summed E-state index contributed by atoms with van der Waals surface area (Å²) in [4.78, 5) is 17.0. The second-order valence-electron chi connectivity index (χ2n) is 6.73. The minimum Gasteiger partial charge on any atom is -0.345 e. The molecular formula is C19H17ClN4O4S3. The third-order valence-corrected chi connectivity index (χ3v) is 9.46. The zero-order chi connectivity index (χ0) is 22.2. The first-order valence-electron chi connectivity index (χ1n) is 9.16. The van der Waals surface area contributed by atoms with E-state index in [1.165, 1.54) is 15.6 Å². The Morgan fingerprint density at radius 1 is 1.19 bits per heavy atom. The molecule has 4 rings (SSSR count). The monoisotopic (exact) mass is 496 g/mol. The summed E-state index contributed by atoms with van der Waals surface area (Å²) in [5.41, 5.74) is 2.24. The minimum atomic E-state index is -3.84. The molecule has 1 fully saturated rings. The molecule has 12 heteroatoms. The van der Waals surface area contributed by atoms with Gasteiger partial charge >= 0.3 is 0 Å². The summed E-state index contributed by atoms with van der Waals surface area (Å²) in [6.07, 6.45) is 0. The zero-order valence-corrected chi connectivity index (χ0v) is 19.3. The molecule has 1 aliphatic heterocycles. The van der Waals surface area contributed by atoms with Crippen LogP contribution in [0.3, 0.4) is 0 Å². The number of sulfonamides is 1. The second kappa shape index (κ2) is 8.67. The largest absolute Gasteiger partial charge is 0.345 e. The number of thiophene rings is 1. The SMILES string of the molecule is C=C(c1ccccc1)c1csc(N2CCN(S(=O)(=O)c3cc([N+](=O)[O-])c(Cl)s3)CC2)n1. The molecule has 0 radical (unpaired) electrons. The first-order chi connectivity index (χ1) is 14.8. The van der Waals surface area contributed by atoms with Crippen molar-refractivity contribution in [1.82, 2.24) is 9.29 Å². The average Bonchev–Trinajstić information content (AvgIpc) is 3.41. The van der Waals surface area contributed by atoms with Gasteiger partial charge in [0, 0.05) is 43.2 Å². The van der Waals surface area contributed by atoms with Gasteiger partial charge in [-0.1, -0.05) is 48.5 Å². The van der Waals surface area contributed by atoms with Crippen molar-refractivity contribution in [3.05, 3.63) is 74.1 Å². The van der Waals surface area contributed by atoms with Crippen LogP contribution in [0, 0.1) is 10.1 Å². The van der Waals surface area contributed by atoms with Crippen molar-refractivity contribution >= 4 is 60.7 Å². The molecule has 2 aromatic heterocycles. The summed E-state index contributed by atoms with van der Waals surface area (Å²) in [6.45, 7) is 5.56. The van der Waals surface area contributed by atoms with Crippen LogP contribution < -0.4 is 4.90 Å². The number of piperazine rings is 1. The Kier molecular flexibility index (Phi) is 6.13. The summed E-state index contributed by atoms with van der Waals surface area (Å²) in [6, 6.07) is 10.8. The van der Waals surface area contributed by atoms with Gasteiger partial charge < -0.3 is 4.90 Å². The summed E-state index contributed by atoms with van der Waals surface area (Å²) >= 11 is 8.03. The number of benzene rings is 1. The predicted molar refractivity (Wildman–Crippen MR) is 124 cm³/mol. The number of nitro groups is 1. The van der Waals surface area contributed by atoms with E-state index in [0.717, 1.165) is 28.0 Å². The molecule has 8 nitrogen and oxygen atoms in total. The molecule has 31 heavy (non-hydrogen) atoms. The van der Waals surface area contributed by atoms with E-state index in [9.17, 15) is 18.5 Å². The number of halogens is 1. The maximum atomic E-state index is 12.9. The number of anilines is 1. The summed E-state index contributed by atoms with van der Waals surface area (Å²) < 4.78 is 26.8. The second-order valence-corrected chi connectivity index (χ2v) is 11.4. The van der Waals surface area contributed by atoms with Crippen LogP contribution in [0.5, 0.6) is 0 Å². The van der Waals surface area contributed by atoms with E-state index in [1.807, 2.05) is 40.6 Å². The van der Waals surface area contributed by atoms with E-state index in [2.05, 4.69) is 11.6 Å². The van der Waals surface area contributed by atoms with Crippen molar-refractivity contribution in [2.24, 2.45) is 0 Å². The van der Waals surface area contributed by atoms with Crippen LogP contribution in [0.2, 0.25) is 4.34 Å². The topological polar surface area (TPSA) is 96.7 Å². The molecule has 0 saturated carbocycles. The van der Waals surface area contributed by atoms with Gasteiger partial charge in [0.1, 0.15) is 4.21 Å². The van der Waals surface area contributed by atoms with Crippen LogP contribution in [-0.4, -0.2) is 48.8 Å². The molecule has 3 heterocycles. The van der Waals surface area contributed by atoms with Crippen molar-refractivity contribution in [3.63, 3.8) is 0 Å². The third-order valence-electron chi connectivity index (χ3n) is 4.87. The van der Waals surface area contributed by atoms with Crippen molar-refractivity contribution in [1.29, 1.82) is 0 Å². The lowest BCUT2D eigenvalue weighted by Gasteiger charge is -2.33. The molecule has 0 bridgehead atoms. The lowest BCUT2D eigenvalue weighted by atomic mass is 10.1. The van der Waals surface area contributed by atoms with Crippen molar-refractivity contribution < 1.29 is 13.3 Å². The Morgan fingerprint density at radius 3 is 2.48 bits per heavy atom. The highest BCUT2D eigenvalue weighted by atomic mass is 35.5. The van der Waals surface area contributed by atoms with Gasteiger partial charge in [0.2, 0.25) is 0 Å². The minimum absolute atomic E-state index is 0.117. The van der Waals surface area contributed by atoms with Gasteiger partial charge in [0.15, 0.2) is 9.47 Å². The Bertz CT molecular complexity index is 1230. The number of hydrogen-bond donors (Lipinski definition) is 0. The van der Waals surface area contributed by atoms with Gasteiger partial charge in [-0.15, -0.1) is 22.7 Å². The van der Waals surface area contributed by atoms with Gasteiger partial charge in [-0.25, -0.2) is 13.4 Å².